The number of rotatable bonds is 12. The van der Waals surface area contributed by atoms with Crippen molar-refractivity contribution in [2.24, 2.45) is 0 Å². The molecule has 0 bridgehead atoms. The standard InChI is InChI=1S/C31H37N2O3/c1-33(2,3)28-15-11-14-27(22-28)31(34)35-21-10-5-4-9-19-32-20-18-26-23-29(16-17-30(26)32)36-24-25-12-7-6-8-13-25/h6-8,11-18,20,22-23H,4-5,9-10,19,21,24H2,1-3H3/q+1. The fraction of sp³-hybridized carbons (Fsp3) is 0.323. The summed E-state index contributed by atoms with van der Waals surface area (Å²) < 4.78 is 14.4. The van der Waals surface area contributed by atoms with Gasteiger partial charge in [-0.25, -0.2) is 4.79 Å². The van der Waals surface area contributed by atoms with Gasteiger partial charge in [0.15, 0.2) is 0 Å². The van der Waals surface area contributed by atoms with E-state index in [0.29, 0.717) is 23.3 Å². The summed E-state index contributed by atoms with van der Waals surface area (Å²) >= 11 is 0. The maximum atomic E-state index is 12.4. The summed E-state index contributed by atoms with van der Waals surface area (Å²) in [5.74, 6) is 0.652. The highest BCUT2D eigenvalue weighted by molar-refractivity contribution is 5.90. The maximum absolute atomic E-state index is 12.4. The lowest BCUT2D eigenvalue weighted by Crippen LogP contribution is -2.34. The normalized spacial score (nSPS) is 11.5. The maximum Gasteiger partial charge on any atom is 0.338 e. The van der Waals surface area contributed by atoms with Crippen LogP contribution in [0.3, 0.4) is 0 Å². The lowest BCUT2D eigenvalue weighted by molar-refractivity contribution is 0.0497. The van der Waals surface area contributed by atoms with Crippen molar-refractivity contribution in [3.8, 4) is 5.75 Å². The third-order valence-corrected chi connectivity index (χ3v) is 6.37. The summed E-state index contributed by atoms with van der Waals surface area (Å²) in [6.45, 7) is 2.02. The largest absolute Gasteiger partial charge is 0.489 e. The number of benzene rings is 3. The number of ether oxygens (including phenoxy) is 2. The Morgan fingerprint density at radius 1 is 0.833 bits per heavy atom. The van der Waals surface area contributed by atoms with E-state index in [0.717, 1.165) is 43.7 Å². The molecule has 5 nitrogen and oxygen atoms in total. The van der Waals surface area contributed by atoms with Crippen molar-refractivity contribution < 1.29 is 14.3 Å². The fourth-order valence-corrected chi connectivity index (χ4v) is 4.24. The zero-order valence-corrected chi connectivity index (χ0v) is 21.7. The minimum Gasteiger partial charge on any atom is -0.489 e. The Morgan fingerprint density at radius 3 is 2.44 bits per heavy atom. The Balaban J connectivity index is 1.16. The summed E-state index contributed by atoms with van der Waals surface area (Å²) in [7, 11) is 6.25. The van der Waals surface area contributed by atoms with Gasteiger partial charge in [0.2, 0.25) is 0 Å². The van der Waals surface area contributed by atoms with E-state index in [1.807, 2.05) is 48.5 Å². The molecule has 0 saturated heterocycles. The van der Waals surface area contributed by atoms with Gasteiger partial charge in [-0.1, -0.05) is 42.8 Å². The molecule has 3 aromatic carbocycles. The molecule has 0 radical (unpaired) electrons. The SMILES string of the molecule is C[N+](C)(C)c1cccc(C(=O)OCCCCCCn2ccc3cc(OCc4ccccc4)ccc32)c1. The lowest BCUT2D eigenvalue weighted by Gasteiger charge is -2.23. The molecule has 0 fully saturated rings. The van der Waals surface area contributed by atoms with E-state index in [-0.39, 0.29) is 5.97 Å². The van der Waals surface area contributed by atoms with Crippen LogP contribution in [0.5, 0.6) is 5.75 Å². The smallest absolute Gasteiger partial charge is 0.338 e. The van der Waals surface area contributed by atoms with E-state index in [4.69, 9.17) is 9.47 Å². The van der Waals surface area contributed by atoms with E-state index in [9.17, 15) is 4.79 Å². The highest BCUT2D eigenvalue weighted by Gasteiger charge is 2.15. The Bertz CT molecular complexity index is 1270. The van der Waals surface area contributed by atoms with Crippen LogP contribution in [0, 0.1) is 0 Å². The fourth-order valence-electron chi connectivity index (χ4n) is 4.24. The second-order valence-electron chi connectivity index (χ2n) is 10.1. The first-order chi connectivity index (χ1) is 17.4. The average molecular weight is 486 g/mol. The number of quaternary nitrogens is 1. The van der Waals surface area contributed by atoms with E-state index in [1.165, 1.54) is 16.5 Å². The third kappa shape index (κ3) is 6.98. The number of carbonyl (C=O) groups excluding carboxylic acids is 1. The Labute approximate surface area is 214 Å². The van der Waals surface area contributed by atoms with Crippen LogP contribution in [0.1, 0.15) is 41.6 Å². The van der Waals surface area contributed by atoms with Crippen LogP contribution < -0.4 is 9.22 Å². The van der Waals surface area contributed by atoms with Crippen LogP contribution in [0.2, 0.25) is 0 Å². The molecule has 0 aliphatic rings. The van der Waals surface area contributed by atoms with Crippen LogP contribution in [-0.4, -0.2) is 38.3 Å². The van der Waals surface area contributed by atoms with Crippen LogP contribution in [0.4, 0.5) is 5.69 Å². The number of aryl methyl sites for hydroxylation is 1. The summed E-state index contributed by atoms with van der Waals surface area (Å²) in [6.07, 6.45) is 6.28. The summed E-state index contributed by atoms with van der Waals surface area (Å²) in [6, 6.07) is 26.4. The molecule has 1 aromatic heterocycles. The van der Waals surface area contributed by atoms with Crippen molar-refractivity contribution in [2.75, 3.05) is 27.7 Å². The highest BCUT2D eigenvalue weighted by atomic mass is 16.5. The molecule has 0 aliphatic heterocycles. The number of nitrogens with zero attached hydrogens (tertiary/aromatic N) is 2. The predicted octanol–water partition coefficient (Wildman–Crippen LogP) is 6.83. The Hall–Kier alpha value is -3.57. The van der Waals surface area contributed by atoms with Crippen molar-refractivity contribution >= 4 is 22.6 Å². The number of hydrogen-bond donors (Lipinski definition) is 0. The van der Waals surface area contributed by atoms with Gasteiger partial charge in [0.1, 0.15) is 18.0 Å². The minimum atomic E-state index is -0.240. The highest BCUT2D eigenvalue weighted by Crippen LogP contribution is 2.24. The molecule has 5 heteroatoms. The molecule has 0 N–H and O–H groups in total. The van der Waals surface area contributed by atoms with Gasteiger partial charge in [0.05, 0.1) is 33.3 Å². The molecule has 1 heterocycles. The van der Waals surface area contributed by atoms with Gasteiger partial charge in [0, 0.05) is 29.7 Å². The molecule has 0 aliphatic carbocycles. The lowest BCUT2D eigenvalue weighted by atomic mass is 10.1. The quantitative estimate of drug-likeness (QED) is 0.125. The molecule has 4 aromatic rings. The summed E-state index contributed by atoms with van der Waals surface area (Å²) in [5.41, 5.74) is 4.10. The van der Waals surface area contributed by atoms with Gasteiger partial charge in [-0.05, 0) is 61.2 Å². The molecule has 0 amide bonds. The molecule has 4 rings (SSSR count). The number of unbranched alkanes of at least 4 members (excludes halogenated alkanes) is 3. The minimum absolute atomic E-state index is 0.240. The summed E-state index contributed by atoms with van der Waals surface area (Å²) in [4.78, 5) is 12.4. The molecule has 0 spiro atoms. The van der Waals surface area contributed by atoms with Crippen LogP contribution in [-0.2, 0) is 17.9 Å². The van der Waals surface area contributed by atoms with E-state index < -0.39 is 0 Å². The van der Waals surface area contributed by atoms with Gasteiger partial charge in [-0.3, -0.25) is 4.48 Å². The first-order valence-corrected chi connectivity index (χ1v) is 12.7. The second-order valence-corrected chi connectivity index (χ2v) is 10.1. The molecular weight excluding hydrogens is 448 g/mol. The van der Waals surface area contributed by atoms with Gasteiger partial charge in [-0.2, -0.15) is 0 Å². The number of carbonyl (C=O) groups is 1. The average Bonchev–Trinajstić information content (AvgIpc) is 3.29. The van der Waals surface area contributed by atoms with Crippen molar-refractivity contribution in [1.82, 2.24) is 9.05 Å². The third-order valence-electron chi connectivity index (χ3n) is 6.37. The topological polar surface area (TPSA) is 40.5 Å². The number of fused-ring (bicyclic) bond motifs is 1. The number of esters is 1. The first-order valence-electron chi connectivity index (χ1n) is 12.7. The van der Waals surface area contributed by atoms with E-state index in [1.54, 1.807) is 0 Å². The predicted molar refractivity (Wildman–Crippen MR) is 147 cm³/mol. The zero-order chi connectivity index (χ0) is 25.4. The van der Waals surface area contributed by atoms with Gasteiger partial charge in [0.25, 0.3) is 0 Å². The molecule has 36 heavy (non-hydrogen) atoms. The van der Waals surface area contributed by atoms with Gasteiger partial charge >= 0.3 is 5.97 Å². The number of aromatic nitrogens is 1. The van der Waals surface area contributed by atoms with Crippen molar-refractivity contribution in [1.29, 1.82) is 0 Å². The summed E-state index contributed by atoms with van der Waals surface area (Å²) in [5, 5.41) is 1.20. The molecule has 0 saturated carbocycles. The Morgan fingerprint density at radius 2 is 1.64 bits per heavy atom. The van der Waals surface area contributed by atoms with E-state index in [2.05, 4.69) is 62.2 Å². The molecular formula is C31H37N2O3+. The van der Waals surface area contributed by atoms with Crippen molar-refractivity contribution in [3.63, 3.8) is 0 Å². The molecule has 0 atom stereocenters. The van der Waals surface area contributed by atoms with Crippen LogP contribution >= 0.6 is 0 Å². The van der Waals surface area contributed by atoms with Crippen LogP contribution in [0.25, 0.3) is 10.9 Å². The zero-order valence-electron chi connectivity index (χ0n) is 21.7. The van der Waals surface area contributed by atoms with Gasteiger partial charge in [-0.15, -0.1) is 0 Å². The number of hydrogen-bond acceptors (Lipinski definition) is 3. The van der Waals surface area contributed by atoms with E-state index >= 15 is 0 Å². The van der Waals surface area contributed by atoms with Crippen LogP contribution in [0.15, 0.2) is 85.1 Å². The Kier molecular flexibility index (Phi) is 8.44. The van der Waals surface area contributed by atoms with Crippen molar-refractivity contribution in [2.45, 2.75) is 38.8 Å². The molecule has 0 unspecified atom stereocenters. The van der Waals surface area contributed by atoms with Crippen molar-refractivity contribution in [3.05, 3.63) is 96.2 Å². The van der Waals surface area contributed by atoms with Gasteiger partial charge < -0.3 is 14.0 Å². The monoisotopic (exact) mass is 485 g/mol. The first kappa shape index (κ1) is 25.5. The molecule has 188 valence electrons. The second kappa shape index (κ2) is 11.9.